The van der Waals surface area contributed by atoms with Crippen molar-refractivity contribution >= 4 is 38.6 Å². The normalized spacial score (nSPS) is 11.2. The van der Waals surface area contributed by atoms with Crippen LogP contribution in [0.4, 0.5) is 5.69 Å². The Morgan fingerprint density at radius 3 is 2.64 bits per heavy atom. The molecular weight excluding hydrogens is 338 g/mol. The van der Waals surface area contributed by atoms with Gasteiger partial charge in [0.2, 0.25) is 0 Å². The van der Waals surface area contributed by atoms with Gasteiger partial charge in [0.1, 0.15) is 5.75 Å². The van der Waals surface area contributed by atoms with Gasteiger partial charge in [0, 0.05) is 16.3 Å². The highest BCUT2D eigenvalue weighted by Gasteiger charge is 2.06. The van der Waals surface area contributed by atoms with Gasteiger partial charge in [-0.2, -0.15) is 0 Å². The number of aliphatic imine (C=N–C) groups is 1. The van der Waals surface area contributed by atoms with E-state index in [1.807, 2.05) is 36.5 Å². The van der Waals surface area contributed by atoms with Crippen molar-refractivity contribution < 1.29 is 4.74 Å². The topological polar surface area (TPSA) is 21.6 Å². The van der Waals surface area contributed by atoms with Crippen LogP contribution in [0.2, 0.25) is 0 Å². The Bertz CT molecular complexity index is 855. The molecule has 0 amide bonds. The molecular formula is C19H16BrNO. The minimum atomic E-state index is 0.827. The number of hydrogen-bond donors (Lipinski definition) is 0. The molecule has 2 nitrogen and oxygen atoms in total. The van der Waals surface area contributed by atoms with Crippen molar-refractivity contribution in [3.63, 3.8) is 0 Å². The van der Waals surface area contributed by atoms with Crippen LogP contribution in [0, 0.1) is 6.92 Å². The summed E-state index contributed by atoms with van der Waals surface area (Å²) in [4.78, 5) is 4.60. The Kier molecular flexibility index (Phi) is 4.25. The number of aryl methyl sites for hydroxylation is 1. The molecule has 22 heavy (non-hydrogen) atoms. The van der Waals surface area contributed by atoms with Crippen LogP contribution >= 0.6 is 15.9 Å². The third-order valence-electron chi connectivity index (χ3n) is 3.65. The van der Waals surface area contributed by atoms with Crippen LogP contribution in [0.25, 0.3) is 10.8 Å². The van der Waals surface area contributed by atoms with Crippen LogP contribution < -0.4 is 4.74 Å². The van der Waals surface area contributed by atoms with Gasteiger partial charge in [-0.3, -0.25) is 4.99 Å². The molecule has 0 saturated carbocycles. The summed E-state index contributed by atoms with van der Waals surface area (Å²) < 4.78 is 6.55. The van der Waals surface area contributed by atoms with Gasteiger partial charge in [0.05, 0.1) is 12.8 Å². The summed E-state index contributed by atoms with van der Waals surface area (Å²) in [5, 5.41) is 2.31. The molecule has 0 saturated heterocycles. The standard InChI is InChI=1S/C19H16BrNO/c1-13-7-9-15(11-18(13)20)21-12-17-16-6-4-3-5-14(16)8-10-19(17)22-2/h3-12H,1-2H3. The average molecular weight is 354 g/mol. The molecule has 0 aliphatic carbocycles. The van der Waals surface area contributed by atoms with Crippen LogP contribution in [0.1, 0.15) is 11.1 Å². The first-order valence-corrected chi connectivity index (χ1v) is 7.84. The Morgan fingerprint density at radius 2 is 1.86 bits per heavy atom. The SMILES string of the molecule is COc1ccc2ccccc2c1C=Nc1ccc(C)c(Br)c1. The molecule has 3 aromatic rings. The molecule has 0 heterocycles. The Hall–Kier alpha value is -2.13. The Balaban J connectivity index is 2.08. The molecule has 0 aromatic heterocycles. The van der Waals surface area contributed by atoms with E-state index >= 15 is 0 Å². The molecule has 0 aliphatic rings. The molecule has 0 unspecified atom stereocenters. The van der Waals surface area contributed by atoms with E-state index in [9.17, 15) is 0 Å². The van der Waals surface area contributed by atoms with E-state index in [-0.39, 0.29) is 0 Å². The first-order valence-electron chi connectivity index (χ1n) is 7.05. The lowest BCUT2D eigenvalue weighted by Gasteiger charge is -2.08. The van der Waals surface area contributed by atoms with E-state index < -0.39 is 0 Å². The van der Waals surface area contributed by atoms with E-state index in [1.54, 1.807) is 7.11 Å². The highest BCUT2D eigenvalue weighted by atomic mass is 79.9. The maximum Gasteiger partial charge on any atom is 0.128 e. The van der Waals surface area contributed by atoms with Crippen LogP contribution in [0.5, 0.6) is 5.75 Å². The maximum atomic E-state index is 5.48. The van der Waals surface area contributed by atoms with Gasteiger partial charge in [0.25, 0.3) is 0 Å². The monoisotopic (exact) mass is 353 g/mol. The van der Waals surface area contributed by atoms with Gasteiger partial charge >= 0.3 is 0 Å². The molecule has 0 bridgehead atoms. The Labute approximate surface area is 138 Å². The molecule has 3 heteroatoms. The summed E-state index contributed by atoms with van der Waals surface area (Å²) >= 11 is 3.54. The smallest absolute Gasteiger partial charge is 0.128 e. The highest BCUT2D eigenvalue weighted by Crippen LogP contribution is 2.28. The fourth-order valence-electron chi connectivity index (χ4n) is 2.39. The quantitative estimate of drug-likeness (QED) is 0.556. The molecule has 3 aromatic carbocycles. The maximum absolute atomic E-state index is 5.48. The zero-order chi connectivity index (χ0) is 15.5. The van der Waals surface area contributed by atoms with Gasteiger partial charge in [0.15, 0.2) is 0 Å². The van der Waals surface area contributed by atoms with Gasteiger partial charge in [-0.15, -0.1) is 0 Å². The summed E-state index contributed by atoms with van der Waals surface area (Å²) in [6, 6.07) is 18.4. The van der Waals surface area contributed by atoms with Crippen molar-refractivity contribution in [3.8, 4) is 5.75 Å². The molecule has 0 radical (unpaired) electrons. The first kappa shape index (κ1) is 14.8. The van der Waals surface area contributed by atoms with Crippen LogP contribution in [-0.2, 0) is 0 Å². The summed E-state index contributed by atoms with van der Waals surface area (Å²) in [5.41, 5.74) is 3.10. The molecule has 0 N–H and O–H groups in total. The number of benzene rings is 3. The van der Waals surface area contributed by atoms with Crippen molar-refractivity contribution in [1.82, 2.24) is 0 Å². The largest absolute Gasteiger partial charge is 0.496 e. The first-order chi connectivity index (χ1) is 10.7. The molecule has 110 valence electrons. The lowest BCUT2D eigenvalue weighted by atomic mass is 10.0. The third kappa shape index (κ3) is 2.90. The molecule has 0 atom stereocenters. The lowest BCUT2D eigenvalue weighted by Crippen LogP contribution is -1.92. The minimum absolute atomic E-state index is 0.827. The predicted octanol–water partition coefficient (Wildman–Crippen LogP) is 5.67. The van der Waals surface area contributed by atoms with Crippen molar-refractivity contribution in [3.05, 3.63) is 70.2 Å². The van der Waals surface area contributed by atoms with Crippen molar-refractivity contribution in [1.29, 1.82) is 0 Å². The van der Waals surface area contributed by atoms with Crippen LogP contribution in [0.15, 0.2) is 64.1 Å². The lowest BCUT2D eigenvalue weighted by molar-refractivity contribution is 0.415. The Morgan fingerprint density at radius 1 is 1.05 bits per heavy atom. The number of rotatable bonds is 3. The minimum Gasteiger partial charge on any atom is -0.496 e. The summed E-state index contributed by atoms with van der Waals surface area (Å²) in [5.74, 6) is 0.827. The number of halogens is 1. The van der Waals surface area contributed by atoms with Gasteiger partial charge < -0.3 is 4.74 Å². The van der Waals surface area contributed by atoms with Crippen molar-refractivity contribution in [2.24, 2.45) is 4.99 Å². The number of fused-ring (bicyclic) bond motifs is 1. The second-order valence-corrected chi connectivity index (χ2v) is 5.95. The number of methoxy groups -OCH3 is 1. The number of nitrogens with zero attached hydrogens (tertiary/aromatic N) is 1. The zero-order valence-electron chi connectivity index (χ0n) is 12.5. The second-order valence-electron chi connectivity index (χ2n) is 5.09. The van der Waals surface area contributed by atoms with Crippen LogP contribution in [-0.4, -0.2) is 13.3 Å². The van der Waals surface area contributed by atoms with Gasteiger partial charge in [-0.05, 0) is 41.5 Å². The number of ether oxygens (including phenoxy) is 1. The van der Waals surface area contributed by atoms with Crippen LogP contribution in [0.3, 0.4) is 0 Å². The second kappa shape index (κ2) is 6.32. The van der Waals surface area contributed by atoms with E-state index in [0.29, 0.717) is 0 Å². The average Bonchev–Trinajstić information content (AvgIpc) is 2.55. The number of hydrogen-bond acceptors (Lipinski definition) is 2. The van der Waals surface area contributed by atoms with E-state index in [2.05, 4.69) is 52.1 Å². The summed E-state index contributed by atoms with van der Waals surface area (Å²) in [7, 11) is 1.68. The van der Waals surface area contributed by atoms with E-state index in [0.717, 1.165) is 26.9 Å². The fourth-order valence-corrected chi connectivity index (χ4v) is 2.75. The zero-order valence-corrected chi connectivity index (χ0v) is 14.1. The van der Waals surface area contributed by atoms with E-state index in [4.69, 9.17) is 4.74 Å². The summed E-state index contributed by atoms with van der Waals surface area (Å²) in [6.07, 6.45) is 1.87. The summed E-state index contributed by atoms with van der Waals surface area (Å²) in [6.45, 7) is 2.06. The van der Waals surface area contributed by atoms with Gasteiger partial charge in [-0.25, -0.2) is 0 Å². The fraction of sp³-hybridized carbons (Fsp3) is 0.105. The molecule has 0 fully saturated rings. The van der Waals surface area contributed by atoms with E-state index in [1.165, 1.54) is 10.9 Å². The predicted molar refractivity (Wildman–Crippen MR) is 96.6 cm³/mol. The molecule has 3 rings (SSSR count). The third-order valence-corrected chi connectivity index (χ3v) is 4.50. The molecule has 0 aliphatic heterocycles. The van der Waals surface area contributed by atoms with Crippen molar-refractivity contribution in [2.45, 2.75) is 6.92 Å². The molecule has 0 spiro atoms. The highest BCUT2D eigenvalue weighted by molar-refractivity contribution is 9.10. The van der Waals surface area contributed by atoms with Crippen molar-refractivity contribution in [2.75, 3.05) is 7.11 Å². The van der Waals surface area contributed by atoms with Gasteiger partial charge in [-0.1, -0.05) is 52.3 Å².